The zero-order valence-corrected chi connectivity index (χ0v) is 6.44. The molecule has 1 N–H and O–H groups in total. The molecule has 0 unspecified atom stereocenters. The Morgan fingerprint density at radius 1 is 1.56 bits per heavy atom. The summed E-state index contributed by atoms with van der Waals surface area (Å²) in [5.41, 5.74) is 0.220. The van der Waals surface area contributed by atoms with Crippen LogP contribution in [0.5, 0.6) is 0 Å². The Hall–Kier alpha value is -0.300. The van der Waals surface area contributed by atoms with Crippen LogP contribution >= 0.6 is 0 Å². The molecule has 0 aromatic rings. The molecule has 1 heterocycles. The summed E-state index contributed by atoms with van der Waals surface area (Å²) in [4.78, 5) is 0. The van der Waals surface area contributed by atoms with Gasteiger partial charge in [0.05, 0.1) is 0 Å². The average Bonchev–Trinajstić information content (AvgIpc) is 1.60. The lowest BCUT2D eigenvalue weighted by Gasteiger charge is -2.30. The second-order valence-corrected chi connectivity index (χ2v) is 3.41. The Balaban J connectivity index is 2.60. The molecular weight excluding hydrogens is 110 g/mol. The van der Waals surface area contributed by atoms with Crippen molar-refractivity contribution in [3.8, 4) is 0 Å². The molecule has 0 radical (unpaired) electrons. The summed E-state index contributed by atoms with van der Waals surface area (Å²) in [5, 5.41) is 3.47. The summed E-state index contributed by atoms with van der Waals surface area (Å²) in [6.07, 6.45) is 5.65. The van der Waals surface area contributed by atoms with Gasteiger partial charge in [0.25, 0.3) is 0 Å². The molecule has 52 valence electrons. The second kappa shape index (κ2) is 2.14. The third kappa shape index (κ3) is 1.83. The van der Waals surface area contributed by atoms with Crippen LogP contribution in [0.1, 0.15) is 27.2 Å². The van der Waals surface area contributed by atoms with Crippen molar-refractivity contribution < 1.29 is 0 Å². The number of hydrogen-bond acceptors (Lipinski definition) is 1. The van der Waals surface area contributed by atoms with Gasteiger partial charge in [-0.15, -0.1) is 0 Å². The monoisotopic (exact) mass is 125 g/mol. The van der Waals surface area contributed by atoms with E-state index in [1.54, 1.807) is 0 Å². The largest absolute Gasteiger partial charge is 0.306 e. The Labute approximate surface area is 57.1 Å². The van der Waals surface area contributed by atoms with Crippen molar-refractivity contribution >= 4 is 0 Å². The molecule has 0 aromatic carbocycles. The van der Waals surface area contributed by atoms with Crippen LogP contribution < -0.4 is 5.32 Å². The van der Waals surface area contributed by atoms with Crippen LogP contribution in [0.15, 0.2) is 12.2 Å². The third-order valence-corrected chi connectivity index (χ3v) is 1.64. The molecule has 1 rings (SSSR count). The summed E-state index contributed by atoms with van der Waals surface area (Å²) in [7, 11) is 0. The highest BCUT2D eigenvalue weighted by Gasteiger charge is 2.18. The fourth-order valence-corrected chi connectivity index (χ4v) is 1.31. The van der Waals surface area contributed by atoms with Crippen LogP contribution in [0.4, 0.5) is 0 Å². The first kappa shape index (κ1) is 6.81. The van der Waals surface area contributed by atoms with E-state index in [9.17, 15) is 0 Å². The van der Waals surface area contributed by atoms with Gasteiger partial charge in [0.2, 0.25) is 0 Å². The predicted octanol–water partition coefficient (Wildman–Crippen LogP) is 1.70. The van der Waals surface area contributed by atoms with E-state index in [1.807, 2.05) is 0 Å². The Bertz CT molecular complexity index is 125. The lowest BCUT2D eigenvalue weighted by atomic mass is 9.97. The van der Waals surface area contributed by atoms with E-state index < -0.39 is 0 Å². The fraction of sp³-hybridized carbons (Fsp3) is 0.750. The molecule has 0 saturated heterocycles. The minimum Gasteiger partial charge on any atom is -0.306 e. The van der Waals surface area contributed by atoms with E-state index in [-0.39, 0.29) is 5.54 Å². The van der Waals surface area contributed by atoms with Crippen molar-refractivity contribution in [3.63, 3.8) is 0 Å². The van der Waals surface area contributed by atoms with Gasteiger partial charge in [0, 0.05) is 11.6 Å². The van der Waals surface area contributed by atoms with Crippen molar-refractivity contribution in [2.24, 2.45) is 0 Å². The number of nitrogens with one attached hydrogen (secondary N) is 1. The fourth-order valence-electron chi connectivity index (χ4n) is 1.31. The van der Waals surface area contributed by atoms with E-state index in [0.29, 0.717) is 6.04 Å². The second-order valence-electron chi connectivity index (χ2n) is 3.41. The maximum absolute atomic E-state index is 3.47. The van der Waals surface area contributed by atoms with Crippen LogP contribution in [-0.2, 0) is 0 Å². The average molecular weight is 125 g/mol. The molecule has 0 spiro atoms. The lowest BCUT2D eigenvalue weighted by molar-refractivity contribution is 0.392. The van der Waals surface area contributed by atoms with Crippen LogP contribution in [-0.4, -0.2) is 11.6 Å². The molecule has 1 heteroatoms. The van der Waals surface area contributed by atoms with Crippen molar-refractivity contribution in [1.29, 1.82) is 0 Å². The van der Waals surface area contributed by atoms with E-state index in [2.05, 4.69) is 38.2 Å². The normalized spacial score (nSPS) is 32.6. The predicted molar refractivity (Wildman–Crippen MR) is 40.4 cm³/mol. The Morgan fingerprint density at radius 3 is 2.56 bits per heavy atom. The van der Waals surface area contributed by atoms with Gasteiger partial charge < -0.3 is 5.32 Å². The molecule has 0 aliphatic carbocycles. The molecule has 1 nitrogen and oxygen atoms in total. The SMILES string of the molecule is C[C@@H]1CC=CC(C)(C)N1. The van der Waals surface area contributed by atoms with Crippen molar-refractivity contribution in [1.82, 2.24) is 5.32 Å². The van der Waals surface area contributed by atoms with Crippen LogP contribution in [0.2, 0.25) is 0 Å². The molecule has 1 aliphatic rings. The van der Waals surface area contributed by atoms with Gasteiger partial charge in [-0.2, -0.15) is 0 Å². The molecule has 0 bridgehead atoms. The Kier molecular flexibility index (Phi) is 1.62. The van der Waals surface area contributed by atoms with Gasteiger partial charge in [0.15, 0.2) is 0 Å². The molecule has 1 atom stereocenters. The van der Waals surface area contributed by atoms with Gasteiger partial charge in [-0.1, -0.05) is 12.2 Å². The zero-order valence-electron chi connectivity index (χ0n) is 6.44. The first-order valence-corrected chi connectivity index (χ1v) is 3.55. The Morgan fingerprint density at radius 2 is 2.22 bits per heavy atom. The third-order valence-electron chi connectivity index (χ3n) is 1.64. The summed E-state index contributed by atoms with van der Waals surface area (Å²) >= 11 is 0. The molecule has 0 aromatic heterocycles. The molecule has 1 aliphatic heterocycles. The highest BCUT2D eigenvalue weighted by Crippen LogP contribution is 2.12. The first-order valence-electron chi connectivity index (χ1n) is 3.55. The van der Waals surface area contributed by atoms with E-state index in [4.69, 9.17) is 0 Å². The van der Waals surface area contributed by atoms with Crippen molar-refractivity contribution in [2.45, 2.75) is 38.8 Å². The molecule has 0 saturated carbocycles. The van der Waals surface area contributed by atoms with Crippen LogP contribution in [0, 0.1) is 0 Å². The minimum atomic E-state index is 0.220. The van der Waals surface area contributed by atoms with Gasteiger partial charge >= 0.3 is 0 Å². The maximum Gasteiger partial charge on any atom is 0.0309 e. The number of hydrogen-bond donors (Lipinski definition) is 1. The molecule has 9 heavy (non-hydrogen) atoms. The van der Waals surface area contributed by atoms with Crippen LogP contribution in [0.25, 0.3) is 0 Å². The highest BCUT2D eigenvalue weighted by molar-refractivity contribution is 5.07. The number of rotatable bonds is 0. The minimum absolute atomic E-state index is 0.220. The topological polar surface area (TPSA) is 12.0 Å². The van der Waals surface area contributed by atoms with E-state index in [1.165, 1.54) is 6.42 Å². The standard InChI is InChI=1S/C8H15N/c1-7-5-4-6-8(2,3)9-7/h4,6-7,9H,5H2,1-3H3/t7-/m1/s1. The highest BCUT2D eigenvalue weighted by atomic mass is 15.0. The van der Waals surface area contributed by atoms with Gasteiger partial charge in [-0.3, -0.25) is 0 Å². The summed E-state index contributed by atoms with van der Waals surface area (Å²) in [5.74, 6) is 0. The first-order chi connectivity index (χ1) is 4.10. The quantitative estimate of drug-likeness (QED) is 0.486. The smallest absolute Gasteiger partial charge is 0.0309 e. The zero-order chi connectivity index (χ0) is 6.91. The van der Waals surface area contributed by atoms with Gasteiger partial charge in [0.1, 0.15) is 0 Å². The summed E-state index contributed by atoms with van der Waals surface area (Å²) in [6, 6.07) is 0.644. The molecular formula is C8H15N. The summed E-state index contributed by atoms with van der Waals surface area (Å²) in [6.45, 7) is 6.60. The van der Waals surface area contributed by atoms with Gasteiger partial charge in [-0.25, -0.2) is 0 Å². The summed E-state index contributed by atoms with van der Waals surface area (Å²) < 4.78 is 0. The van der Waals surface area contributed by atoms with Crippen LogP contribution in [0.3, 0.4) is 0 Å². The van der Waals surface area contributed by atoms with Gasteiger partial charge in [-0.05, 0) is 27.2 Å². The van der Waals surface area contributed by atoms with Crippen molar-refractivity contribution in [3.05, 3.63) is 12.2 Å². The van der Waals surface area contributed by atoms with Crippen molar-refractivity contribution in [2.75, 3.05) is 0 Å². The van der Waals surface area contributed by atoms with E-state index >= 15 is 0 Å². The maximum atomic E-state index is 3.47. The van der Waals surface area contributed by atoms with E-state index in [0.717, 1.165) is 0 Å². The lowest BCUT2D eigenvalue weighted by Crippen LogP contribution is -2.45. The molecule has 0 amide bonds. The molecule has 0 fully saturated rings.